The van der Waals surface area contributed by atoms with Gasteiger partial charge in [0.05, 0.1) is 19.8 Å². The molecule has 0 radical (unpaired) electrons. The molecule has 0 aliphatic carbocycles. The maximum Gasteiger partial charge on any atom is 0.407 e. The van der Waals surface area contributed by atoms with Crippen LogP contribution < -0.4 is 10.2 Å². The third-order valence-corrected chi connectivity index (χ3v) is 9.22. The van der Waals surface area contributed by atoms with Crippen molar-refractivity contribution in [3.05, 3.63) is 0 Å². The van der Waals surface area contributed by atoms with Gasteiger partial charge in [-0.1, -0.05) is 142 Å². The number of nitrogens with one attached hydrogen (secondary N) is 1. The van der Waals surface area contributed by atoms with Crippen molar-refractivity contribution in [3.8, 4) is 0 Å². The van der Waals surface area contributed by atoms with Crippen LogP contribution in [0.25, 0.3) is 0 Å². The van der Waals surface area contributed by atoms with Crippen molar-refractivity contribution in [2.75, 3.05) is 46.7 Å². The minimum absolute atomic E-state index is 0.0512. The predicted octanol–water partition coefficient (Wildman–Crippen LogP) is 8.72. The van der Waals surface area contributed by atoms with Gasteiger partial charge in [-0.2, -0.15) is 0 Å². The Balaban J connectivity index is 4.53. The Kier molecular flexibility index (Phi) is 34.4. The number of amides is 1. The first-order chi connectivity index (χ1) is 24.2. The summed E-state index contributed by atoms with van der Waals surface area (Å²) in [6.07, 6.45) is 24.0. The van der Waals surface area contributed by atoms with Crippen molar-refractivity contribution in [2.24, 2.45) is 0 Å². The standard InChI is InChI=1S/C37H72NO11P/c1-4-6-8-10-12-14-16-18-20-22-24-26-35(39)46-32-34(33-48-50(42,43)47-29-28-38-37(41)45-31-30-44-3)49-36(40)27-25-23-21-19-17-15-13-11-9-7-5-2/h34H,4-33H2,1-3H3,(H,38,41)(H,42,43)/p-1. The molecule has 2 unspecified atom stereocenters. The normalized spacial score (nSPS) is 13.0. The lowest BCUT2D eigenvalue weighted by atomic mass is 10.1. The van der Waals surface area contributed by atoms with E-state index in [1.54, 1.807) is 0 Å². The molecule has 1 N–H and O–H groups in total. The quantitative estimate of drug-likeness (QED) is 0.0281. The number of carbonyl (C=O) groups is 3. The topological polar surface area (TPSA) is 159 Å². The van der Waals surface area contributed by atoms with Gasteiger partial charge < -0.3 is 38.2 Å². The fourth-order valence-corrected chi connectivity index (χ4v) is 6.02. The largest absolute Gasteiger partial charge is 0.756 e. The molecule has 0 fully saturated rings. The Labute approximate surface area is 303 Å². The third-order valence-electron chi connectivity index (χ3n) is 8.26. The molecular weight excluding hydrogens is 665 g/mol. The van der Waals surface area contributed by atoms with E-state index in [0.29, 0.717) is 12.8 Å². The van der Waals surface area contributed by atoms with Gasteiger partial charge in [-0.15, -0.1) is 0 Å². The minimum Gasteiger partial charge on any atom is -0.756 e. The molecule has 12 nitrogen and oxygen atoms in total. The summed E-state index contributed by atoms with van der Waals surface area (Å²) in [6, 6.07) is 0. The zero-order valence-electron chi connectivity index (χ0n) is 31.7. The molecule has 0 heterocycles. The number of phosphoric ester groups is 1. The highest BCUT2D eigenvalue weighted by Gasteiger charge is 2.21. The molecule has 1 amide bonds. The first-order valence-electron chi connectivity index (χ1n) is 19.6. The van der Waals surface area contributed by atoms with Crippen LogP contribution in [0.3, 0.4) is 0 Å². The van der Waals surface area contributed by atoms with Crippen molar-refractivity contribution >= 4 is 25.9 Å². The molecule has 13 heteroatoms. The first-order valence-corrected chi connectivity index (χ1v) is 21.0. The molecule has 0 aliphatic rings. The average Bonchev–Trinajstić information content (AvgIpc) is 3.09. The van der Waals surface area contributed by atoms with Crippen molar-refractivity contribution in [2.45, 2.75) is 174 Å². The van der Waals surface area contributed by atoms with Crippen LogP contribution in [0.5, 0.6) is 0 Å². The van der Waals surface area contributed by atoms with E-state index in [-0.39, 0.29) is 39.2 Å². The second-order valence-electron chi connectivity index (χ2n) is 13.0. The van der Waals surface area contributed by atoms with Crippen molar-refractivity contribution in [3.63, 3.8) is 0 Å². The summed E-state index contributed by atoms with van der Waals surface area (Å²) >= 11 is 0. The van der Waals surface area contributed by atoms with E-state index in [0.717, 1.165) is 38.5 Å². The number of alkyl carbamates (subject to hydrolysis) is 1. The number of unbranched alkanes of at least 4 members (excludes halogenated alkanes) is 20. The van der Waals surface area contributed by atoms with E-state index >= 15 is 0 Å². The molecule has 0 aromatic rings. The van der Waals surface area contributed by atoms with Crippen molar-refractivity contribution in [1.29, 1.82) is 0 Å². The average molecular weight is 737 g/mol. The van der Waals surface area contributed by atoms with Gasteiger partial charge in [0.1, 0.15) is 13.2 Å². The van der Waals surface area contributed by atoms with Gasteiger partial charge in [-0.05, 0) is 12.8 Å². The predicted molar refractivity (Wildman–Crippen MR) is 194 cm³/mol. The molecule has 0 aliphatic heterocycles. The number of carbonyl (C=O) groups excluding carboxylic acids is 3. The maximum atomic E-state index is 12.6. The summed E-state index contributed by atoms with van der Waals surface area (Å²) in [7, 11) is -3.34. The summed E-state index contributed by atoms with van der Waals surface area (Å²) in [5.41, 5.74) is 0. The SMILES string of the molecule is CCCCCCCCCCCCCC(=O)OCC(COP(=O)([O-])OCCNC(=O)OCCOC)OC(=O)CCCCCCCCCCCCC. The molecular formula is C37H71NO11P-. The number of hydrogen-bond donors (Lipinski definition) is 1. The molecule has 0 aromatic carbocycles. The van der Waals surface area contributed by atoms with Gasteiger partial charge in [0.25, 0.3) is 7.82 Å². The first kappa shape index (κ1) is 48.3. The van der Waals surface area contributed by atoms with E-state index in [2.05, 4.69) is 19.2 Å². The molecule has 0 saturated carbocycles. The second kappa shape index (κ2) is 35.7. The van der Waals surface area contributed by atoms with E-state index in [9.17, 15) is 23.8 Å². The summed E-state index contributed by atoms with van der Waals surface area (Å²) in [5, 5.41) is 2.34. The van der Waals surface area contributed by atoms with E-state index in [4.69, 9.17) is 28.0 Å². The molecule has 296 valence electrons. The van der Waals surface area contributed by atoms with E-state index in [1.165, 1.54) is 97.0 Å². The van der Waals surface area contributed by atoms with Crippen LogP contribution in [0.2, 0.25) is 0 Å². The molecule has 0 saturated heterocycles. The van der Waals surface area contributed by atoms with Gasteiger partial charge in [0, 0.05) is 26.5 Å². The summed E-state index contributed by atoms with van der Waals surface area (Å²) in [6.45, 7) is 3.30. The zero-order valence-corrected chi connectivity index (χ0v) is 32.6. The van der Waals surface area contributed by atoms with Gasteiger partial charge in [-0.3, -0.25) is 14.2 Å². The highest BCUT2D eigenvalue weighted by Crippen LogP contribution is 2.38. The van der Waals surface area contributed by atoms with Crippen molar-refractivity contribution in [1.82, 2.24) is 5.32 Å². The molecule has 2 atom stereocenters. The minimum atomic E-state index is -4.81. The summed E-state index contributed by atoms with van der Waals surface area (Å²) in [5.74, 6) is -0.939. The van der Waals surface area contributed by atoms with Gasteiger partial charge >= 0.3 is 18.0 Å². The molecule has 0 bridgehead atoms. The molecule has 0 rings (SSSR count). The Bertz CT molecular complexity index is 861. The highest BCUT2D eigenvalue weighted by atomic mass is 31.2. The number of ether oxygens (including phenoxy) is 4. The number of methoxy groups -OCH3 is 1. The molecule has 50 heavy (non-hydrogen) atoms. The zero-order chi connectivity index (χ0) is 37.0. The van der Waals surface area contributed by atoms with Crippen LogP contribution in [0.4, 0.5) is 4.79 Å². The van der Waals surface area contributed by atoms with Crippen molar-refractivity contribution < 1.29 is 51.8 Å². The maximum absolute atomic E-state index is 12.6. The smallest absolute Gasteiger partial charge is 0.407 e. The lowest BCUT2D eigenvalue weighted by molar-refractivity contribution is -0.228. The second-order valence-corrected chi connectivity index (χ2v) is 14.4. The van der Waals surface area contributed by atoms with Crippen LogP contribution >= 0.6 is 7.82 Å². The number of esters is 2. The number of hydrogen-bond acceptors (Lipinski definition) is 11. The third kappa shape index (κ3) is 34.7. The van der Waals surface area contributed by atoms with Gasteiger partial charge in [0.2, 0.25) is 0 Å². The van der Waals surface area contributed by atoms with Crippen LogP contribution in [0, 0.1) is 0 Å². The highest BCUT2D eigenvalue weighted by molar-refractivity contribution is 7.45. The Hall–Kier alpha value is -1.72. The molecule has 0 aromatic heterocycles. The van der Waals surface area contributed by atoms with Gasteiger partial charge in [0.15, 0.2) is 6.10 Å². The van der Waals surface area contributed by atoms with Gasteiger partial charge in [-0.25, -0.2) is 4.79 Å². The summed E-state index contributed by atoms with van der Waals surface area (Å²) < 4.78 is 42.4. The van der Waals surface area contributed by atoms with Crippen LogP contribution in [-0.4, -0.2) is 70.8 Å². The summed E-state index contributed by atoms with van der Waals surface area (Å²) in [4.78, 5) is 48.8. The number of phosphoric acid groups is 1. The lowest BCUT2D eigenvalue weighted by Crippen LogP contribution is -2.31. The molecule has 0 spiro atoms. The lowest BCUT2D eigenvalue weighted by Gasteiger charge is -2.25. The number of rotatable bonds is 37. The van der Waals surface area contributed by atoms with Crippen LogP contribution in [-0.2, 0) is 42.1 Å². The Morgan fingerprint density at radius 2 is 1.04 bits per heavy atom. The Morgan fingerprint density at radius 1 is 0.580 bits per heavy atom. The van der Waals surface area contributed by atoms with E-state index in [1.807, 2.05) is 0 Å². The Morgan fingerprint density at radius 3 is 1.52 bits per heavy atom. The van der Waals surface area contributed by atoms with E-state index < -0.39 is 45.2 Å². The fraction of sp³-hybridized carbons (Fsp3) is 0.919. The van der Waals surface area contributed by atoms with Crippen LogP contribution in [0.15, 0.2) is 0 Å². The fourth-order valence-electron chi connectivity index (χ4n) is 5.28. The van der Waals surface area contributed by atoms with Crippen LogP contribution in [0.1, 0.15) is 168 Å². The monoisotopic (exact) mass is 736 g/mol.